The minimum absolute atomic E-state index is 0.128. The van der Waals surface area contributed by atoms with Gasteiger partial charge in [-0.3, -0.25) is 4.79 Å². The van der Waals surface area contributed by atoms with Crippen LogP contribution in [0.3, 0.4) is 0 Å². The summed E-state index contributed by atoms with van der Waals surface area (Å²) < 4.78 is 11.0. The Balaban J connectivity index is 1.49. The minimum Gasteiger partial charge on any atom is -0.484 e. The maximum atomic E-state index is 12.4. The van der Waals surface area contributed by atoms with E-state index in [0.29, 0.717) is 33.2 Å². The summed E-state index contributed by atoms with van der Waals surface area (Å²) in [6.45, 7) is 3.82. The van der Waals surface area contributed by atoms with Gasteiger partial charge >= 0.3 is 5.63 Å². The highest BCUT2D eigenvalue weighted by Gasteiger charge is 2.13. The summed E-state index contributed by atoms with van der Waals surface area (Å²) in [6.07, 6.45) is 0. The summed E-state index contributed by atoms with van der Waals surface area (Å²) in [4.78, 5) is 24.7. The van der Waals surface area contributed by atoms with Gasteiger partial charge in [-0.25, -0.2) is 4.79 Å². The molecule has 0 atom stereocenters. The van der Waals surface area contributed by atoms with Crippen molar-refractivity contribution in [3.05, 3.63) is 93.3 Å². The topological polar surface area (TPSA) is 68.5 Å². The lowest BCUT2D eigenvalue weighted by Gasteiger charge is -2.11. The summed E-state index contributed by atoms with van der Waals surface area (Å²) in [7, 11) is 0. The van der Waals surface area contributed by atoms with Crippen molar-refractivity contribution in [3.63, 3.8) is 0 Å². The van der Waals surface area contributed by atoms with Crippen LogP contribution in [-0.4, -0.2) is 12.5 Å². The van der Waals surface area contributed by atoms with Gasteiger partial charge in [0, 0.05) is 16.6 Å². The van der Waals surface area contributed by atoms with E-state index in [1.54, 1.807) is 36.4 Å². The SMILES string of the molecule is Cc1cc(C)cc(OCC(=O)Nc2ccc(-c3cc4ccccc4oc3=O)c(Cl)c2)c1. The predicted molar refractivity (Wildman–Crippen MR) is 123 cm³/mol. The monoisotopic (exact) mass is 433 g/mol. The minimum atomic E-state index is -0.473. The number of para-hydroxylation sites is 1. The second-order valence-electron chi connectivity index (χ2n) is 7.34. The van der Waals surface area contributed by atoms with E-state index in [2.05, 4.69) is 5.32 Å². The molecule has 1 heterocycles. The van der Waals surface area contributed by atoms with Gasteiger partial charge in [0.15, 0.2) is 6.61 Å². The zero-order valence-electron chi connectivity index (χ0n) is 17.1. The van der Waals surface area contributed by atoms with Crippen LogP contribution in [0.5, 0.6) is 5.75 Å². The van der Waals surface area contributed by atoms with E-state index in [-0.39, 0.29) is 12.5 Å². The van der Waals surface area contributed by atoms with Gasteiger partial charge in [0.25, 0.3) is 5.91 Å². The molecule has 5 nitrogen and oxygen atoms in total. The second kappa shape index (κ2) is 8.66. The number of benzene rings is 3. The molecule has 3 aromatic carbocycles. The molecule has 0 saturated heterocycles. The molecule has 1 N–H and O–H groups in total. The lowest BCUT2D eigenvalue weighted by atomic mass is 10.1. The fourth-order valence-corrected chi connectivity index (χ4v) is 3.71. The number of anilines is 1. The average molecular weight is 434 g/mol. The molecule has 0 bridgehead atoms. The first-order chi connectivity index (χ1) is 14.9. The average Bonchev–Trinajstić information content (AvgIpc) is 2.71. The van der Waals surface area contributed by atoms with E-state index in [4.69, 9.17) is 20.8 Å². The number of rotatable bonds is 5. The van der Waals surface area contributed by atoms with Crippen molar-refractivity contribution in [2.75, 3.05) is 11.9 Å². The molecular formula is C25H20ClNO4. The van der Waals surface area contributed by atoms with Crippen LogP contribution in [0.4, 0.5) is 5.69 Å². The van der Waals surface area contributed by atoms with E-state index in [9.17, 15) is 9.59 Å². The molecule has 0 radical (unpaired) electrons. The van der Waals surface area contributed by atoms with Crippen LogP contribution in [0.15, 0.2) is 75.9 Å². The zero-order chi connectivity index (χ0) is 22.0. The number of carbonyl (C=O) groups is 1. The molecule has 0 aliphatic carbocycles. The molecule has 0 spiro atoms. The molecule has 1 amide bonds. The molecule has 6 heteroatoms. The Morgan fingerprint density at radius 3 is 2.45 bits per heavy atom. The standard InChI is InChI=1S/C25H20ClNO4/c1-15-9-16(2)11-19(10-15)30-14-24(28)27-18-7-8-20(22(26)13-18)21-12-17-5-3-4-6-23(17)31-25(21)29/h3-13H,14H2,1-2H3,(H,27,28). The highest BCUT2D eigenvalue weighted by molar-refractivity contribution is 6.33. The van der Waals surface area contributed by atoms with Gasteiger partial charge in [-0.2, -0.15) is 0 Å². The number of hydrogen-bond acceptors (Lipinski definition) is 4. The number of hydrogen-bond donors (Lipinski definition) is 1. The molecule has 0 aliphatic heterocycles. The van der Waals surface area contributed by atoms with Gasteiger partial charge in [0.1, 0.15) is 11.3 Å². The van der Waals surface area contributed by atoms with Crippen LogP contribution in [0.25, 0.3) is 22.1 Å². The van der Waals surface area contributed by atoms with Crippen molar-refractivity contribution in [2.45, 2.75) is 13.8 Å². The lowest BCUT2D eigenvalue weighted by Crippen LogP contribution is -2.20. The third kappa shape index (κ3) is 4.78. The van der Waals surface area contributed by atoms with E-state index in [0.717, 1.165) is 16.5 Å². The number of halogens is 1. The third-order valence-corrected chi connectivity index (χ3v) is 5.06. The highest BCUT2D eigenvalue weighted by atomic mass is 35.5. The molecular weight excluding hydrogens is 414 g/mol. The number of ether oxygens (including phenoxy) is 1. The number of carbonyl (C=O) groups excluding carboxylic acids is 1. The van der Waals surface area contributed by atoms with Crippen molar-refractivity contribution < 1.29 is 13.9 Å². The van der Waals surface area contributed by atoms with Crippen LogP contribution >= 0.6 is 11.6 Å². The van der Waals surface area contributed by atoms with Gasteiger partial charge < -0.3 is 14.5 Å². The maximum absolute atomic E-state index is 12.4. The quantitative estimate of drug-likeness (QED) is 0.407. The van der Waals surface area contributed by atoms with Gasteiger partial charge in [-0.15, -0.1) is 0 Å². The normalized spacial score (nSPS) is 10.8. The van der Waals surface area contributed by atoms with Crippen LogP contribution in [0, 0.1) is 13.8 Å². The van der Waals surface area contributed by atoms with E-state index in [1.165, 1.54) is 0 Å². The number of amides is 1. The molecule has 0 saturated carbocycles. The molecule has 31 heavy (non-hydrogen) atoms. The van der Waals surface area contributed by atoms with Crippen molar-refractivity contribution in [1.29, 1.82) is 0 Å². The fourth-order valence-electron chi connectivity index (χ4n) is 3.42. The molecule has 1 aromatic heterocycles. The van der Waals surface area contributed by atoms with Gasteiger partial charge in [0.05, 0.1) is 10.6 Å². The van der Waals surface area contributed by atoms with Crippen LogP contribution in [-0.2, 0) is 4.79 Å². The van der Waals surface area contributed by atoms with Crippen molar-refractivity contribution in [3.8, 4) is 16.9 Å². The third-order valence-electron chi connectivity index (χ3n) is 4.75. The Morgan fingerprint density at radius 2 is 1.71 bits per heavy atom. The number of aryl methyl sites for hydroxylation is 2. The Hall–Kier alpha value is -3.57. The Kier molecular flexibility index (Phi) is 5.78. The van der Waals surface area contributed by atoms with Crippen molar-refractivity contribution >= 4 is 34.2 Å². The number of fused-ring (bicyclic) bond motifs is 1. The molecule has 4 rings (SSSR count). The van der Waals surface area contributed by atoms with E-state index < -0.39 is 5.63 Å². The summed E-state index contributed by atoms with van der Waals surface area (Å²) in [6, 6.07) is 19.8. The fraction of sp³-hybridized carbons (Fsp3) is 0.120. The smallest absolute Gasteiger partial charge is 0.344 e. The first kappa shape index (κ1) is 20.7. The summed E-state index contributed by atoms with van der Waals surface area (Å²) in [5.41, 5.74) is 3.57. The second-order valence-corrected chi connectivity index (χ2v) is 7.75. The maximum Gasteiger partial charge on any atom is 0.344 e. The summed E-state index contributed by atoms with van der Waals surface area (Å²) in [5.74, 6) is 0.331. The van der Waals surface area contributed by atoms with E-state index >= 15 is 0 Å². The van der Waals surface area contributed by atoms with Crippen LogP contribution < -0.4 is 15.7 Å². The van der Waals surface area contributed by atoms with Crippen molar-refractivity contribution in [2.24, 2.45) is 0 Å². The Bertz CT molecular complexity index is 1320. The zero-order valence-corrected chi connectivity index (χ0v) is 17.8. The largest absolute Gasteiger partial charge is 0.484 e. The molecule has 0 fully saturated rings. The van der Waals surface area contributed by atoms with Crippen LogP contribution in [0.1, 0.15) is 11.1 Å². The van der Waals surface area contributed by atoms with Gasteiger partial charge in [-0.05, 0) is 61.4 Å². The molecule has 0 unspecified atom stereocenters. The molecule has 0 aliphatic rings. The number of nitrogens with one attached hydrogen (secondary N) is 1. The van der Waals surface area contributed by atoms with E-state index in [1.807, 2.05) is 44.2 Å². The Labute approximate surface area is 184 Å². The highest BCUT2D eigenvalue weighted by Crippen LogP contribution is 2.30. The van der Waals surface area contributed by atoms with Gasteiger partial charge in [0.2, 0.25) is 0 Å². The predicted octanol–water partition coefficient (Wildman–Crippen LogP) is 5.75. The first-order valence-electron chi connectivity index (χ1n) is 9.73. The first-order valence-corrected chi connectivity index (χ1v) is 10.1. The summed E-state index contributed by atoms with van der Waals surface area (Å²) in [5, 5.41) is 3.88. The van der Waals surface area contributed by atoms with Crippen LogP contribution in [0.2, 0.25) is 5.02 Å². The molecule has 156 valence electrons. The van der Waals surface area contributed by atoms with Gasteiger partial charge in [-0.1, -0.05) is 41.9 Å². The molecule has 4 aromatic rings. The van der Waals surface area contributed by atoms with Crippen molar-refractivity contribution in [1.82, 2.24) is 0 Å². The Morgan fingerprint density at radius 1 is 0.968 bits per heavy atom. The lowest BCUT2D eigenvalue weighted by molar-refractivity contribution is -0.118. The summed E-state index contributed by atoms with van der Waals surface area (Å²) >= 11 is 6.42.